The number of guanidine groups is 1. The molecule has 0 unspecified atom stereocenters. The highest BCUT2D eigenvalue weighted by molar-refractivity contribution is 5.98. The summed E-state index contributed by atoms with van der Waals surface area (Å²) in [5.41, 5.74) is 17.5. The number of rotatable bonds is 26. The highest BCUT2D eigenvalue weighted by atomic mass is 16.4. The van der Waals surface area contributed by atoms with E-state index in [4.69, 9.17) is 17.2 Å². The first-order chi connectivity index (χ1) is 31.6. The SMILES string of the molecule is CC[C@H](C)[C@@H](NC(=O)[C@H](Cc1ccc(O)cc1)NC(=O)[C@@H](NC(=O)[C@H](CCCN=C(N)N)NC(=O)[C@H](CC(=O)O)NC(C)=O)C(C)C)C(=O)N[C@@H](Cc1cnc[nH]1)C(=O)N1CCC[C@@H]1C(N)=O. The fourth-order valence-corrected chi connectivity index (χ4v) is 7.36. The highest BCUT2D eigenvalue weighted by Crippen LogP contribution is 2.20. The van der Waals surface area contributed by atoms with Crippen LogP contribution in [-0.2, 0) is 56.0 Å². The molecule has 3 rings (SSSR count). The number of carbonyl (C=O) groups is 9. The summed E-state index contributed by atoms with van der Waals surface area (Å²) in [5.74, 6) is -9.01. The predicted molar refractivity (Wildman–Crippen MR) is 242 cm³/mol. The van der Waals surface area contributed by atoms with Crippen molar-refractivity contribution in [2.24, 2.45) is 34.0 Å². The number of aliphatic carboxylic acids is 1. The van der Waals surface area contributed by atoms with Crippen LogP contribution in [0.15, 0.2) is 41.8 Å². The number of H-pyrrole nitrogens is 1. The molecule has 1 aromatic carbocycles. The van der Waals surface area contributed by atoms with Gasteiger partial charge in [-0.2, -0.15) is 0 Å². The average molecular weight is 940 g/mol. The number of phenolic OH excluding ortho intramolecular Hbond substituents is 1. The zero-order chi connectivity index (χ0) is 50.0. The van der Waals surface area contributed by atoms with Crippen molar-refractivity contribution >= 4 is 59.2 Å². The lowest BCUT2D eigenvalue weighted by Crippen LogP contribution is -2.62. The summed E-state index contributed by atoms with van der Waals surface area (Å²) in [5, 5.41) is 34.9. The maximum Gasteiger partial charge on any atom is 0.305 e. The van der Waals surface area contributed by atoms with Crippen molar-refractivity contribution < 1.29 is 53.4 Å². The Morgan fingerprint density at radius 3 is 1.97 bits per heavy atom. The van der Waals surface area contributed by atoms with Crippen LogP contribution in [0.3, 0.4) is 0 Å². The molecule has 2 aromatic rings. The van der Waals surface area contributed by atoms with Crippen LogP contribution in [0.2, 0.25) is 0 Å². The van der Waals surface area contributed by atoms with E-state index < -0.39 is 114 Å². The maximum atomic E-state index is 14.4. The van der Waals surface area contributed by atoms with E-state index in [-0.39, 0.29) is 50.5 Å². The summed E-state index contributed by atoms with van der Waals surface area (Å²) >= 11 is 0. The maximum absolute atomic E-state index is 14.4. The molecule has 0 aliphatic carbocycles. The van der Waals surface area contributed by atoms with Crippen molar-refractivity contribution in [2.45, 2.75) is 128 Å². The first kappa shape index (κ1) is 54.1. The van der Waals surface area contributed by atoms with E-state index in [2.05, 4.69) is 46.9 Å². The van der Waals surface area contributed by atoms with Gasteiger partial charge in [-0.05, 0) is 55.2 Å². The minimum Gasteiger partial charge on any atom is -0.508 e. The molecule has 1 saturated heterocycles. The fraction of sp³-hybridized carbons (Fsp3) is 0.558. The van der Waals surface area contributed by atoms with Gasteiger partial charge in [0.1, 0.15) is 48.0 Å². The van der Waals surface area contributed by atoms with E-state index in [1.54, 1.807) is 27.7 Å². The molecular formula is C43H65N13O11. The second-order valence-corrected chi connectivity index (χ2v) is 16.8. The standard InChI is InChI=1S/C43H65N13O11/c1-6-23(4)35(41(66)53-31(18-26-20-47-21-49-26)42(67)56-16-8-10-32(56)36(44)61)55-39(64)29(17-25-11-13-27(58)14-12-25)52-40(65)34(22(2)3)54-37(62)28(9-7-15-48-43(45)46)51-38(63)30(19-33(59)60)50-24(5)57/h11-14,20-23,28-32,34-35,58H,6-10,15-19H2,1-5H3,(H2,44,61)(H,47,49)(H,50,57)(H,51,63)(H,52,65)(H,53,66)(H,54,62)(H,55,64)(H,59,60)(H4,45,46,48)/t23-,28-,29-,30-,31-,32+,34-,35+/m0/s1. The minimum absolute atomic E-state index is 0.0331. The highest BCUT2D eigenvalue weighted by Gasteiger charge is 2.39. The van der Waals surface area contributed by atoms with Crippen molar-refractivity contribution in [3.63, 3.8) is 0 Å². The molecule has 24 heteroatoms. The van der Waals surface area contributed by atoms with Gasteiger partial charge in [0, 0.05) is 44.7 Å². The smallest absolute Gasteiger partial charge is 0.305 e. The van der Waals surface area contributed by atoms with Crippen LogP contribution >= 0.6 is 0 Å². The lowest BCUT2D eigenvalue weighted by Gasteiger charge is -2.31. The van der Waals surface area contributed by atoms with Crippen molar-refractivity contribution in [3.8, 4) is 5.75 Å². The number of aliphatic imine (C=N–C) groups is 1. The van der Waals surface area contributed by atoms with Gasteiger partial charge >= 0.3 is 5.97 Å². The van der Waals surface area contributed by atoms with Crippen LogP contribution in [0.25, 0.3) is 0 Å². The Kier molecular flexibility index (Phi) is 21.0. The lowest BCUT2D eigenvalue weighted by molar-refractivity contribution is -0.141. The summed E-state index contributed by atoms with van der Waals surface area (Å²) in [6.07, 6.45) is 3.22. The number of hydrogen-bond acceptors (Lipinski definition) is 12. The molecule has 8 amide bonds. The molecule has 1 fully saturated rings. The predicted octanol–water partition coefficient (Wildman–Crippen LogP) is -2.46. The number of nitrogens with zero attached hydrogens (tertiary/aromatic N) is 3. The molecule has 0 spiro atoms. The number of phenols is 1. The van der Waals surface area contributed by atoms with E-state index in [0.29, 0.717) is 30.5 Å². The number of carboxylic acids is 1. The van der Waals surface area contributed by atoms with Gasteiger partial charge in [0.25, 0.3) is 0 Å². The van der Waals surface area contributed by atoms with Crippen molar-refractivity contribution in [3.05, 3.63) is 48.0 Å². The first-order valence-corrected chi connectivity index (χ1v) is 22.0. The number of aromatic hydroxyl groups is 1. The number of benzene rings is 1. The van der Waals surface area contributed by atoms with Gasteiger partial charge in [-0.3, -0.25) is 48.1 Å². The van der Waals surface area contributed by atoms with Gasteiger partial charge in [-0.15, -0.1) is 0 Å². The second-order valence-electron chi connectivity index (χ2n) is 16.8. The van der Waals surface area contributed by atoms with E-state index >= 15 is 0 Å². The van der Waals surface area contributed by atoms with E-state index in [1.165, 1.54) is 41.7 Å². The Hall–Kier alpha value is -7.27. The molecule has 368 valence electrons. The Morgan fingerprint density at radius 1 is 0.806 bits per heavy atom. The third kappa shape index (κ3) is 17.2. The number of likely N-dealkylation sites (tertiary alicyclic amines) is 1. The monoisotopic (exact) mass is 939 g/mol. The van der Waals surface area contributed by atoms with Gasteiger partial charge < -0.3 is 69.2 Å². The van der Waals surface area contributed by atoms with Crippen molar-refractivity contribution in [1.82, 2.24) is 46.8 Å². The summed E-state index contributed by atoms with van der Waals surface area (Å²) in [6, 6.07) is -3.18. The van der Waals surface area contributed by atoms with Gasteiger partial charge in [0.15, 0.2) is 5.96 Å². The van der Waals surface area contributed by atoms with Crippen molar-refractivity contribution in [1.29, 1.82) is 0 Å². The third-order valence-electron chi connectivity index (χ3n) is 11.2. The second kappa shape index (κ2) is 26.0. The molecule has 0 bridgehead atoms. The number of carbonyl (C=O) groups excluding carboxylic acids is 8. The lowest BCUT2D eigenvalue weighted by atomic mass is 9.96. The largest absolute Gasteiger partial charge is 0.508 e. The Labute approximate surface area is 387 Å². The Bertz CT molecular complexity index is 2060. The molecule has 2 heterocycles. The van der Waals surface area contributed by atoms with Gasteiger partial charge in [-0.1, -0.05) is 46.2 Å². The molecule has 8 atom stereocenters. The number of primary amides is 1. The number of nitrogens with two attached hydrogens (primary N) is 3. The average Bonchev–Trinajstić information content (AvgIpc) is 3.98. The number of imidazole rings is 1. The van der Waals surface area contributed by atoms with Crippen LogP contribution in [0.5, 0.6) is 5.75 Å². The van der Waals surface area contributed by atoms with Crippen LogP contribution in [0.4, 0.5) is 0 Å². The summed E-state index contributed by atoms with van der Waals surface area (Å²) in [7, 11) is 0. The number of hydrogen-bond donors (Lipinski definition) is 12. The summed E-state index contributed by atoms with van der Waals surface area (Å²) < 4.78 is 0. The first-order valence-electron chi connectivity index (χ1n) is 22.0. The molecule has 1 aliphatic heterocycles. The molecular weight excluding hydrogens is 875 g/mol. The van der Waals surface area contributed by atoms with E-state index in [1.807, 2.05) is 0 Å². The zero-order valence-electron chi connectivity index (χ0n) is 38.4. The van der Waals surface area contributed by atoms with Crippen molar-refractivity contribution in [2.75, 3.05) is 13.1 Å². The minimum atomic E-state index is -1.55. The van der Waals surface area contributed by atoms with Crippen LogP contribution in [0.1, 0.15) is 84.4 Å². The van der Waals surface area contributed by atoms with Crippen LogP contribution in [0, 0.1) is 11.8 Å². The zero-order valence-corrected chi connectivity index (χ0v) is 38.4. The number of aromatic nitrogens is 2. The summed E-state index contributed by atoms with van der Waals surface area (Å²) in [6.45, 7) is 8.10. The van der Waals surface area contributed by atoms with E-state index in [9.17, 15) is 53.4 Å². The molecule has 0 saturated carbocycles. The Morgan fingerprint density at radius 2 is 1.40 bits per heavy atom. The van der Waals surface area contributed by atoms with Gasteiger partial charge in [0.2, 0.25) is 47.3 Å². The molecule has 15 N–H and O–H groups in total. The Balaban J connectivity index is 1.93. The quantitative estimate of drug-likeness (QED) is 0.0265. The topological polar surface area (TPSA) is 389 Å². The number of carboxylic acid groups (broad SMARTS) is 1. The van der Waals surface area contributed by atoms with Crippen LogP contribution in [-0.4, -0.2) is 140 Å². The molecule has 1 aliphatic rings. The van der Waals surface area contributed by atoms with Gasteiger partial charge in [0.05, 0.1) is 12.7 Å². The third-order valence-corrected chi connectivity index (χ3v) is 11.2. The molecule has 0 radical (unpaired) electrons. The van der Waals surface area contributed by atoms with Gasteiger partial charge in [-0.25, -0.2) is 4.98 Å². The number of aromatic amines is 1. The summed E-state index contributed by atoms with van der Waals surface area (Å²) in [4.78, 5) is 132. The van der Waals surface area contributed by atoms with Crippen LogP contribution < -0.4 is 49.1 Å². The molecule has 24 nitrogen and oxygen atoms in total. The number of nitrogens with one attached hydrogen (secondary N) is 7. The molecule has 67 heavy (non-hydrogen) atoms. The van der Waals surface area contributed by atoms with E-state index in [0.717, 1.165) is 6.92 Å². The fourth-order valence-electron chi connectivity index (χ4n) is 7.36. The number of amides is 8. The normalized spacial score (nSPS) is 16.4. The molecule has 1 aromatic heterocycles.